The summed E-state index contributed by atoms with van der Waals surface area (Å²) < 4.78 is 12.4. The van der Waals surface area contributed by atoms with Gasteiger partial charge in [0.05, 0.1) is 38.4 Å². The topological polar surface area (TPSA) is 101 Å². The first kappa shape index (κ1) is 24.5. The highest BCUT2D eigenvalue weighted by atomic mass is 16.5. The summed E-state index contributed by atoms with van der Waals surface area (Å²) in [4.78, 5) is 20.8. The van der Waals surface area contributed by atoms with Gasteiger partial charge in [0.25, 0.3) is 5.56 Å². The number of benzene rings is 1. The van der Waals surface area contributed by atoms with E-state index in [9.17, 15) is 4.79 Å². The van der Waals surface area contributed by atoms with E-state index in [1.807, 2.05) is 13.0 Å². The summed E-state index contributed by atoms with van der Waals surface area (Å²) in [5.41, 5.74) is 3.90. The van der Waals surface area contributed by atoms with Crippen LogP contribution in [0.15, 0.2) is 23.0 Å². The van der Waals surface area contributed by atoms with Gasteiger partial charge >= 0.3 is 0 Å². The molecule has 3 aromatic rings. The number of aromatic nitrogens is 5. The number of aromatic amines is 1. The third kappa shape index (κ3) is 6.06. The van der Waals surface area contributed by atoms with Crippen LogP contribution in [-0.4, -0.2) is 88.1 Å². The molecule has 184 valence electrons. The second kappa shape index (κ2) is 11.7. The second-order valence-electron chi connectivity index (χ2n) is 8.92. The van der Waals surface area contributed by atoms with Gasteiger partial charge in [-0.15, -0.1) is 5.10 Å². The summed E-state index contributed by atoms with van der Waals surface area (Å²) in [5, 5.41) is 13.2. The van der Waals surface area contributed by atoms with Crippen LogP contribution in [0.2, 0.25) is 0 Å². The Morgan fingerprint density at radius 2 is 2.00 bits per heavy atom. The fourth-order valence-corrected chi connectivity index (χ4v) is 4.37. The van der Waals surface area contributed by atoms with Crippen molar-refractivity contribution in [3.05, 3.63) is 51.1 Å². The van der Waals surface area contributed by atoms with Crippen LogP contribution in [0.3, 0.4) is 0 Å². The number of methoxy groups -OCH3 is 1. The molecule has 10 heteroatoms. The minimum Gasteiger partial charge on any atom is -0.383 e. The second-order valence-corrected chi connectivity index (χ2v) is 8.92. The molecule has 2 aromatic heterocycles. The molecule has 0 saturated carbocycles. The smallest absolute Gasteiger partial charge is 0.252 e. The summed E-state index contributed by atoms with van der Waals surface area (Å²) in [6.07, 6.45) is 0.990. The zero-order valence-corrected chi connectivity index (χ0v) is 20.4. The van der Waals surface area contributed by atoms with Gasteiger partial charge in [0, 0.05) is 38.9 Å². The van der Waals surface area contributed by atoms with Crippen LogP contribution >= 0.6 is 0 Å². The molecule has 1 N–H and O–H groups in total. The number of hydrogen-bond acceptors (Lipinski definition) is 8. The summed E-state index contributed by atoms with van der Waals surface area (Å²) in [6, 6.07) is 6.19. The van der Waals surface area contributed by atoms with Gasteiger partial charge in [-0.25, -0.2) is 4.68 Å². The molecule has 10 nitrogen and oxygen atoms in total. The van der Waals surface area contributed by atoms with Gasteiger partial charge < -0.3 is 14.5 Å². The molecule has 1 aliphatic heterocycles. The van der Waals surface area contributed by atoms with Crippen LogP contribution in [-0.2, 0) is 29.1 Å². The molecule has 0 aliphatic carbocycles. The first-order chi connectivity index (χ1) is 16.5. The molecule has 1 aliphatic rings. The summed E-state index contributed by atoms with van der Waals surface area (Å²) in [5.74, 6) is 0.770. The Labute approximate surface area is 199 Å². The zero-order chi connectivity index (χ0) is 23.9. The number of nitrogens with zero attached hydrogens (tertiary/aromatic N) is 6. The van der Waals surface area contributed by atoms with Gasteiger partial charge in [-0.2, -0.15) is 0 Å². The van der Waals surface area contributed by atoms with Crippen molar-refractivity contribution < 1.29 is 9.47 Å². The van der Waals surface area contributed by atoms with E-state index in [0.717, 1.165) is 73.7 Å². The molecule has 0 spiro atoms. The first-order valence-corrected chi connectivity index (χ1v) is 11.9. The van der Waals surface area contributed by atoms with E-state index in [0.29, 0.717) is 26.2 Å². The molecule has 34 heavy (non-hydrogen) atoms. The summed E-state index contributed by atoms with van der Waals surface area (Å²) >= 11 is 0. The van der Waals surface area contributed by atoms with Gasteiger partial charge in [-0.1, -0.05) is 12.1 Å². The van der Waals surface area contributed by atoms with Crippen molar-refractivity contribution >= 4 is 10.9 Å². The van der Waals surface area contributed by atoms with Gasteiger partial charge in [-0.3, -0.25) is 14.6 Å². The fraction of sp³-hybridized carbons (Fsp3) is 0.583. The van der Waals surface area contributed by atoms with Crippen LogP contribution in [0, 0.1) is 13.8 Å². The predicted molar refractivity (Wildman–Crippen MR) is 130 cm³/mol. The number of morpholine rings is 1. The number of nitrogens with one attached hydrogen (secondary N) is 1. The van der Waals surface area contributed by atoms with Crippen molar-refractivity contribution in [3.63, 3.8) is 0 Å². The number of ether oxygens (including phenoxy) is 2. The van der Waals surface area contributed by atoms with E-state index >= 15 is 0 Å². The maximum absolute atomic E-state index is 13.0. The quantitative estimate of drug-likeness (QED) is 0.451. The van der Waals surface area contributed by atoms with Gasteiger partial charge in [0.15, 0.2) is 5.82 Å². The van der Waals surface area contributed by atoms with E-state index in [2.05, 4.69) is 49.4 Å². The van der Waals surface area contributed by atoms with Gasteiger partial charge in [-0.05, 0) is 59.8 Å². The molecule has 4 rings (SSSR count). The Morgan fingerprint density at radius 1 is 1.18 bits per heavy atom. The monoisotopic (exact) mass is 469 g/mol. The Morgan fingerprint density at radius 3 is 2.79 bits per heavy atom. The van der Waals surface area contributed by atoms with E-state index in [1.165, 1.54) is 5.56 Å². The third-order valence-electron chi connectivity index (χ3n) is 6.55. The highest BCUT2D eigenvalue weighted by Crippen LogP contribution is 2.19. The number of aryl methyl sites for hydroxylation is 2. The number of H-pyrrole nitrogens is 1. The Hall–Kier alpha value is -2.66. The van der Waals surface area contributed by atoms with E-state index in [-0.39, 0.29) is 5.56 Å². The summed E-state index contributed by atoms with van der Waals surface area (Å²) in [7, 11) is 1.66. The number of rotatable bonds is 11. The number of fused-ring (bicyclic) bond motifs is 1. The lowest BCUT2D eigenvalue weighted by Gasteiger charge is -2.28. The van der Waals surface area contributed by atoms with Crippen LogP contribution in [0.5, 0.6) is 0 Å². The summed E-state index contributed by atoms with van der Waals surface area (Å²) in [6.45, 7) is 11.7. The van der Waals surface area contributed by atoms with Crippen molar-refractivity contribution in [2.45, 2.75) is 39.9 Å². The lowest BCUT2D eigenvalue weighted by Crippen LogP contribution is -2.38. The minimum absolute atomic E-state index is 0.0432. The average molecular weight is 470 g/mol. The van der Waals surface area contributed by atoms with Crippen molar-refractivity contribution in [1.82, 2.24) is 35.0 Å². The number of pyridine rings is 1. The minimum atomic E-state index is -0.0432. The number of tetrazole rings is 1. The van der Waals surface area contributed by atoms with E-state index < -0.39 is 0 Å². The normalized spacial score (nSPS) is 14.9. The standard InChI is InChI=1S/C24H35N7O3/c1-18-5-6-20-15-21(24(32)25-23(20)19(18)2)16-30(8-4-7-29-9-13-34-14-10-29)17-22-26-27-28-31(22)11-12-33-3/h5-6,15H,4,7-14,16-17H2,1-3H3,(H,25,32). The van der Waals surface area contributed by atoms with Gasteiger partial charge in [0.2, 0.25) is 0 Å². The van der Waals surface area contributed by atoms with Crippen molar-refractivity contribution in [1.29, 1.82) is 0 Å². The molecule has 0 amide bonds. The molecule has 1 aromatic carbocycles. The van der Waals surface area contributed by atoms with Crippen molar-refractivity contribution in [2.24, 2.45) is 0 Å². The lowest BCUT2D eigenvalue weighted by atomic mass is 10.0. The van der Waals surface area contributed by atoms with Crippen LogP contribution in [0.4, 0.5) is 0 Å². The Bertz CT molecular complexity index is 1140. The molecule has 0 radical (unpaired) electrons. The first-order valence-electron chi connectivity index (χ1n) is 11.9. The molecule has 0 atom stereocenters. The molecular weight excluding hydrogens is 434 g/mol. The molecular formula is C24H35N7O3. The van der Waals surface area contributed by atoms with E-state index in [1.54, 1.807) is 11.8 Å². The molecule has 0 bridgehead atoms. The fourth-order valence-electron chi connectivity index (χ4n) is 4.37. The van der Waals surface area contributed by atoms with E-state index in [4.69, 9.17) is 9.47 Å². The third-order valence-corrected chi connectivity index (χ3v) is 6.55. The molecule has 1 saturated heterocycles. The maximum Gasteiger partial charge on any atom is 0.252 e. The SMILES string of the molecule is COCCn1nnnc1CN(CCCN1CCOCC1)Cc1cc2ccc(C)c(C)c2[nH]c1=O. The average Bonchev–Trinajstić information content (AvgIpc) is 3.28. The molecule has 0 unspecified atom stereocenters. The predicted octanol–water partition coefficient (Wildman–Crippen LogP) is 1.50. The van der Waals surface area contributed by atoms with Gasteiger partial charge in [0.1, 0.15) is 0 Å². The molecule has 1 fully saturated rings. The van der Waals surface area contributed by atoms with Crippen LogP contribution in [0.25, 0.3) is 10.9 Å². The van der Waals surface area contributed by atoms with Crippen molar-refractivity contribution in [3.8, 4) is 0 Å². The highest BCUT2D eigenvalue weighted by molar-refractivity contribution is 5.83. The van der Waals surface area contributed by atoms with Crippen LogP contribution in [0.1, 0.15) is 28.9 Å². The Balaban J connectivity index is 1.52. The Kier molecular flexibility index (Phi) is 8.39. The number of hydrogen-bond donors (Lipinski definition) is 1. The van der Waals surface area contributed by atoms with Crippen molar-refractivity contribution in [2.75, 3.05) is 53.1 Å². The molecule has 3 heterocycles. The lowest BCUT2D eigenvalue weighted by molar-refractivity contribution is 0.0358. The van der Waals surface area contributed by atoms with Crippen LogP contribution < -0.4 is 5.56 Å². The highest BCUT2D eigenvalue weighted by Gasteiger charge is 2.17. The zero-order valence-electron chi connectivity index (χ0n) is 20.4. The maximum atomic E-state index is 13.0. The largest absolute Gasteiger partial charge is 0.383 e.